The van der Waals surface area contributed by atoms with E-state index in [1.165, 1.54) is 17.6 Å². The van der Waals surface area contributed by atoms with Crippen LogP contribution < -0.4 is 0 Å². The molecular formula is C19H23Br2NO2. The summed E-state index contributed by atoms with van der Waals surface area (Å²) < 4.78 is 7.76. The summed E-state index contributed by atoms with van der Waals surface area (Å²) in [4.78, 5) is 14.6. The second-order valence-electron chi connectivity index (χ2n) is 7.59. The van der Waals surface area contributed by atoms with E-state index in [1.807, 2.05) is 31.7 Å². The number of carbonyl (C=O) groups is 1. The van der Waals surface area contributed by atoms with Crippen LogP contribution >= 0.6 is 31.9 Å². The smallest absolute Gasteiger partial charge is 0.411 e. The van der Waals surface area contributed by atoms with Gasteiger partial charge in [0.25, 0.3) is 0 Å². The third-order valence-corrected chi connectivity index (χ3v) is 5.39. The molecule has 2 atom stereocenters. The highest BCUT2D eigenvalue weighted by Crippen LogP contribution is 2.39. The SMILES string of the molecule is CC(C)(C)OC(=O)N1C2C=C(c3cc(Br)cc(Br)c3)CC1CCC2. The number of ether oxygens (including phenoxy) is 1. The van der Waals surface area contributed by atoms with Crippen LogP contribution in [0.15, 0.2) is 33.2 Å². The average molecular weight is 457 g/mol. The van der Waals surface area contributed by atoms with Gasteiger partial charge in [-0.2, -0.15) is 0 Å². The van der Waals surface area contributed by atoms with Crippen LogP contribution in [0, 0.1) is 0 Å². The maximum absolute atomic E-state index is 12.6. The summed E-state index contributed by atoms with van der Waals surface area (Å²) in [5.74, 6) is 0. The molecule has 130 valence electrons. The molecule has 3 rings (SSSR count). The van der Waals surface area contributed by atoms with Crippen molar-refractivity contribution in [2.75, 3.05) is 0 Å². The molecule has 3 nitrogen and oxygen atoms in total. The number of rotatable bonds is 1. The van der Waals surface area contributed by atoms with Crippen LogP contribution in [0.25, 0.3) is 5.57 Å². The monoisotopic (exact) mass is 455 g/mol. The van der Waals surface area contributed by atoms with Crippen molar-refractivity contribution >= 4 is 43.5 Å². The molecule has 0 aromatic heterocycles. The first-order valence-electron chi connectivity index (χ1n) is 8.41. The van der Waals surface area contributed by atoms with Gasteiger partial charge in [0.05, 0.1) is 6.04 Å². The normalized spacial score (nSPS) is 23.7. The van der Waals surface area contributed by atoms with Gasteiger partial charge in [-0.05, 0) is 75.8 Å². The van der Waals surface area contributed by atoms with E-state index < -0.39 is 5.60 Å². The summed E-state index contributed by atoms with van der Waals surface area (Å²) in [7, 11) is 0. The lowest BCUT2D eigenvalue weighted by Gasteiger charge is -2.45. The van der Waals surface area contributed by atoms with Crippen LogP contribution in [-0.2, 0) is 4.74 Å². The van der Waals surface area contributed by atoms with Crippen LogP contribution in [-0.4, -0.2) is 28.7 Å². The summed E-state index contributed by atoms with van der Waals surface area (Å²) in [6, 6.07) is 6.71. The van der Waals surface area contributed by atoms with Gasteiger partial charge in [0, 0.05) is 15.0 Å². The third-order valence-electron chi connectivity index (χ3n) is 4.47. The standard InChI is InChI=1S/C19H23Br2NO2/c1-19(2,3)24-18(23)22-16-5-4-6-17(22)10-13(9-16)12-7-14(20)11-15(21)8-12/h7-9,11,16-17H,4-6,10H2,1-3H3. The molecule has 2 unspecified atom stereocenters. The minimum Gasteiger partial charge on any atom is -0.444 e. The van der Waals surface area contributed by atoms with Crippen molar-refractivity contribution in [3.8, 4) is 0 Å². The molecule has 0 aliphatic carbocycles. The highest BCUT2D eigenvalue weighted by atomic mass is 79.9. The molecule has 0 saturated carbocycles. The zero-order chi connectivity index (χ0) is 17.5. The number of hydrogen-bond acceptors (Lipinski definition) is 2. The molecule has 1 aromatic carbocycles. The van der Waals surface area contributed by atoms with E-state index in [0.717, 1.165) is 28.2 Å². The van der Waals surface area contributed by atoms with Crippen LogP contribution in [0.1, 0.15) is 52.0 Å². The van der Waals surface area contributed by atoms with Gasteiger partial charge in [-0.3, -0.25) is 4.90 Å². The van der Waals surface area contributed by atoms with Crippen molar-refractivity contribution in [2.45, 2.75) is 64.1 Å². The molecule has 2 aliphatic rings. The molecule has 5 heteroatoms. The van der Waals surface area contributed by atoms with Gasteiger partial charge in [-0.1, -0.05) is 37.9 Å². The number of benzene rings is 1. The number of piperidine rings is 1. The van der Waals surface area contributed by atoms with Crippen molar-refractivity contribution in [2.24, 2.45) is 0 Å². The van der Waals surface area contributed by atoms with Crippen LogP contribution in [0.2, 0.25) is 0 Å². The van der Waals surface area contributed by atoms with Crippen molar-refractivity contribution in [1.82, 2.24) is 4.90 Å². The molecule has 1 aromatic rings. The van der Waals surface area contributed by atoms with Crippen LogP contribution in [0.5, 0.6) is 0 Å². The van der Waals surface area contributed by atoms with Gasteiger partial charge in [-0.15, -0.1) is 0 Å². The molecule has 1 amide bonds. The fourth-order valence-corrected chi connectivity index (χ4v) is 4.88. The van der Waals surface area contributed by atoms with Gasteiger partial charge in [0.2, 0.25) is 0 Å². The Bertz CT molecular complexity index is 658. The van der Waals surface area contributed by atoms with E-state index in [4.69, 9.17) is 4.74 Å². The molecule has 0 N–H and O–H groups in total. The number of nitrogens with zero attached hydrogens (tertiary/aromatic N) is 1. The number of carbonyl (C=O) groups excluding carboxylic acids is 1. The maximum atomic E-state index is 12.6. The van der Waals surface area contributed by atoms with Gasteiger partial charge in [0.15, 0.2) is 0 Å². The number of fused-ring (bicyclic) bond motifs is 2. The highest BCUT2D eigenvalue weighted by Gasteiger charge is 2.39. The predicted octanol–water partition coefficient (Wildman–Crippen LogP) is 6.16. The van der Waals surface area contributed by atoms with E-state index in [1.54, 1.807) is 0 Å². The van der Waals surface area contributed by atoms with Gasteiger partial charge < -0.3 is 4.74 Å². The van der Waals surface area contributed by atoms with E-state index in [0.29, 0.717) is 0 Å². The van der Waals surface area contributed by atoms with Crippen molar-refractivity contribution in [3.05, 3.63) is 38.8 Å². The molecular weight excluding hydrogens is 434 g/mol. The second-order valence-corrected chi connectivity index (χ2v) is 9.43. The summed E-state index contributed by atoms with van der Waals surface area (Å²) in [5.41, 5.74) is 2.09. The largest absolute Gasteiger partial charge is 0.444 e. The summed E-state index contributed by atoms with van der Waals surface area (Å²) in [5, 5.41) is 0. The quantitative estimate of drug-likeness (QED) is 0.506. The Balaban J connectivity index is 1.88. The molecule has 1 saturated heterocycles. The number of hydrogen-bond donors (Lipinski definition) is 0. The van der Waals surface area contributed by atoms with Gasteiger partial charge >= 0.3 is 6.09 Å². The van der Waals surface area contributed by atoms with Crippen molar-refractivity contribution in [1.29, 1.82) is 0 Å². The van der Waals surface area contributed by atoms with Gasteiger partial charge in [-0.25, -0.2) is 4.79 Å². The van der Waals surface area contributed by atoms with Crippen LogP contribution in [0.4, 0.5) is 4.79 Å². The van der Waals surface area contributed by atoms with Crippen molar-refractivity contribution < 1.29 is 9.53 Å². The molecule has 2 aliphatic heterocycles. The Morgan fingerprint density at radius 1 is 1.17 bits per heavy atom. The lowest BCUT2D eigenvalue weighted by molar-refractivity contribution is 0.0000857. The van der Waals surface area contributed by atoms with Crippen molar-refractivity contribution in [3.63, 3.8) is 0 Å². The summed E-state index contributed by atoms with van der Waals surface area (Å²) >= 11 is 7.13. The highest BCUT2D eigenvalue weighted by molar-refractivity contribution is 9.11. The Kier molecular flexibility index (Phi) is 5.12. The fourth-order valence-electron chi connectivity index (χ4n) is 3.58. The Hall–Kier alpha value is -0.810. The Morgan fingerprint density at radius 2 is 1.83 bits per heavy atom. The number of halogens is 2. The topological polar surface area (TPSA) is 29.5 Å². The fraction of sp³-hybridized carbons (Fsp3) is 0.526. The van der Waals surface area contributed by atoms with E-state index >= 15 is 0 Å². The lowest BCUT2D eigenvalue weighted by atomic mass is 9.83. The predicted molar refractivity (Wildman–Crippen MR) is 104 cm³/mol. The third kappa shape index (κ3) is 4.05. The van der Waals surface area contributed by atoms with E-state index in [2.05, 4.69) is 50.1 Å². The first kappa shape index (κ1) is 18.0. The second kappa shape index (κ2) is 6.83. The molecule has 0 radical (unpaired) electrons. The Morgan fingerprint density at radius 3 is 2.42 bits per heavy atom. The van der Waals surface area contributed by atoms with E-state index in [9.17, 15) is 4.79 Å². The lowest BCUT2D eigenvalue weighted by Crippen LogP contribution is -2.53. The molecule has 0 spiro atoms. The minimum atomic E-state index is -0.454. The summed E-state index contributed by atoms with van der Waals surface area (Å²) in [6.45, 7) is 5.76. The zero-order valence-electron chi connectivity index (χ0n) is 14.3. The van der Waals surface area contributed by atoms with E-state index in [-0.39, 0.29) is 18.2 Å². The molecule has 24 heavy (non-hydrogen) atoms. The Labute approximate surface area is 160 Å². The summed E-state index contributed by atoms with van der Waals surface area (Å²) in [6.07, 6.45) is 6.19. The number of amides is 1. The first-order chi connectivity index (χ1) is 11.2. The first-order valence-corrected chi connectivity index (χ1v) is 10.00. The minimum absolute atomic E-state index is 0.139. The zero-order valence-corrected chi connectivity index (χ0v) is 17.5. The maximum Gasteiger partial charge on any atom is 0.411 e. The van der Waals surface area contributed by atoms with Crippen LogP contribution in [0.3, 0.4) is 0 Å². The molecule has 2 heterocycles. The van der Waals surface area contributed by atoms with Gasteiger partial charge in [0.1, 0.15) is 5.60 Å². The molecule has 1 fully saturated rings. The molecule has 2 bridgehead atoms. The average Bonchev–Trinajstić information content (AvgIpc) is 2.42.